The fourth-order valence-corrected chi connectivity index (χ4v) is 2.13. The summed E-state index contributed by atoms with van der Waals surface area (Å²) in [6.07, 6.45) is 0. The van der Waals surface area contributed by atoms with Crippen LogP contribution >= 0.6 is 15.9 Å². The molecule has 0 unspecified atom stereocenters. The second kappa shape index (κ2) is 6.64. The molecule has 2 aromatic carbocycles. The van der Waals surface area contributed by atoms with Gasteiger partial charge in [0.2, 0.25) is 0 Å². The van der Waals surface area contributed by atoms with Crippen molar-refractivity contribution in [1.82, 2.24) is 5.43 Å². The number of nitrogen functional groups attached to an aromatic ring is 1. The molecule has 7 heteroatoms. The fraction of sp³-hybridized carbons (Fsp3) is 0.0714. The molecule has 21 heavy (non-hydrogen) atoms. The van der Waals surface area contributed by atoms with Gasteiger partial charge >= 0.3 is 0 Å². The van der Waals surface area contributed by atoms with E-state index >= 15 is 0 Å². The minimum absolute atomic E-state index is 0.145. The standard InChI is InChI=1S/C14H11BrF2N2O2/c15-10-4-11(16)6-12(5-10)21-7-9-3-8(14(20)19-18)1-2-13(9)17/h1-6H,7,18H2,(H,19,20). The molecule has 0 heterocycles. The molecule has 0 atom stereocenters. The Bertz CT molecular complexity index is 660. The van der Waals surface area contributed by atoms with Crippen LogP contribution in [0.15, 0.2) is 40.9 Å². The maximum atomic E-state index is 13.7. The fourth-order valence-electron chi connectivity index (χ4n) is 1.68. The zero-order chi connectivity index (χ0) is 15.4. The molecule has 0 radical (unpaired) electrons. The van der Waals surface area contributed by atoms with Gasteiger partial charge in [-0.15, -0.1) is 0 Å². The van der Waals surface area contributed by atoms with Gasteiger partial charge in [0, 0.05) is 21.7 Å². The predicted molar refractivity (Wildman–Crippen MR) is 76.5 cm³/mol. The van der Waals surface area contributed by atoms with Gasteiger partial charge in [-0.2, -0.15) is 0 Å². The number of ether oxygens (including phenoxy) is 1. The lowest BCUT2D eigenvalue weighted by Crippen LogP contribution is -2.30. The Labute approximate surface area is 128 Å². The van der Waals surface area contributed by atoms with Crippen molar-refractivity contribution in [3.63, 3.8) is 0 Å². The number of rotatable bonds is 4. The van der Waals surface area contributed by atoms with Gasteiger partial charge in [0.15, 0.2) is 0 Å². The van der Waals surface area contributed by atoms with Crippen LogP contribution in [0.5, 0.6) is 5.75 Å². The smallest absolute Gasteiger partial charge is 0.265 e. The van der Waals surface area contributed by atoms with E-state index in [1.807, 2.05) is 5.43 Å². The predicted octanol–water partition coefficient (Wildman–Crippen LogP) is 2.91. The van der Waals surface area contributed by atoms with Crippen LogP contribution in [0.25, 0.3) is 0 Å². The van der Waals surface area contributed by atoms with E-state index in [0.717, 1.165) is 6.07 Å². The van der Waals surface area contributed by atoms with Gasteiger partial charge in [-0.3, -0.25) is 10.2 Å². The lowest BCUT2D eigenvalue weighted by atomic mass is 10.1. The summed E-state index contributed by atoms with van der Waals surface area (Å²) in [6.45, 7) is -0.145. The SMILES string of the molecule is NNC(=O)c1ccc(F)c(COc2cc(F)cc(Br)c2)c1. The zero-order valence-corrected chi connectivity index (χ0v) is 12.3. The molecular formula is C14H11BrF2N2O2. The topological polar surface area (TPSA) is 64.3 Å². The molecule has 0 aliphatic carbocycles. The molecule has 1 amide bonds. The number of benzene rings is 2. The molecule has 4 nitrogen and oxygen atoms in total. The Morgan fingerprint density at radius 2 is 2.00 bits per heavy atom. The Kier molecular flexibility index (Phi) is 4.87. The molecule has 110 valence electrons. The Balaban J connectivity index is 2.17. The number of carbonyl (C=O) groups is 1. The third kappa shape index (κ3) is 3.99. The largest absolute Gasteiger partial charge is 0.489 e. The highest BCUT2D eigenvalue weighted by atomic mass is 79.9. The first-order valence-corrected chi connectivity index (χ1v) is 6.67. The van der Waals surface area contributed by atoms with Crippen molar-refractivity contribution >= 4 is 21.8 Å². The number of nitrogens with two attached hydrogens (primary N) is 1. The van der Waals surface area contributed by atoms with Crippen LogP contribution in [-0.4, -0.2) is 5.91 Å². The lowest BCUT2D eigenvalue weighted by molar-refractivity contribution is 0.0953. The molecule has 0 aromatic heterocycles. The van der Waals surface area contributed by atoms with Crippen molar-refractivity contribution < 1.29 is 18.3 Å². The van der Waals surface area contributed by atoms with Crippen molar-refractivity contribution in [2.45, 2.75) is 6.61 Å². The van der Waals surface area contributed by atoms with E-state index in [-0.39, 0.29) is 23.5 Å². The summed E-state index contributed by atoms with van der Waals surface area (Å²) >= 11 is 3.13. The summed E-state index contributed by atoms with van der Waals surface area (Å²) in [5, 5.41) is 0. The summed E-state index contributed by atoms with van der Waals surface area (Å²) in [6, 6.07) is 7.78. The summed E-state index contributed by atoms with van der Waals surface area (Å²) in [5.41, 5.74) is 2.33. The molecule has 0 aliphatic heterocycles. The normalized spacial score (nSPS) is 10.3. The average Bonchev–Trinajstić information content (AvgIpc) is 2.44. The van der Waals surface area contributed by atoms with Gasteiger partial charge in [-0.05, 0) is 30.3 Å². The average molecular weight is 357 g/mol. The van der Waals surface area contributed by atoms with E-state index in [2.05, 4.69) is 15.9 Å². The van der Waals surface area contributed by atoms with Crippen molar-refractivity contribution in [3.8, 4) is 5.75 Å². The van der Waals surface area contributed by atoms with Crippen LogP contribution in [0.1, 0.15) is 15.9 Å². The van der Waals surface area contributed by atoms with E-state index in [1.54, 1.807) is 6.07 Å². The Morgan fingerprint density at radius 1 is 1.24 bits per heavy atom. The van der Waals surface area contributed by atoms with Crippen LogP contribution in [0, 0.1) is 11.6 Å². The van der Waals surface area contributed by atoms with E-state index in [0.29, 0.717) is 4.47 Å². The monoisotopic (exact) mass is 356 g/mol. The number of amides is 1. The second-order valence-electron chi connectivity index (χ2n) is 4.17. The third-order valence-corrected chi connectivity index (χ3v) is 3.13. The maximum absolute atomic E-state index is 13.7. The number of carbonyl (C=O) groups excluding carboxylic acids is 1. The third-order valence-electron chi connectivity index (χ3n) is 2.67. The van der Waals surface area contributed by atoms with Gasteiger partial charge < -0.3 is 4.74 Å². The Morgan fingerprint density at radius 3 is 2.67 bits per heavy atom. The van der Waals surface area contributed by atoms with Gasteiger partial charge in [-0.1, -0.05) is 15.9 Å². The van der Waals surface area contributed by atoms with Crippen molar-refractivity contribution in [1.29, 1.82) is 0 Å². The van der Waals surface area contributed by atoms with Crippen molar-refractivity contribution in [3.05, 3.63) is 63.6 Å². The first-order chi connectivity index (χ1) is 9.99. The molecule has 0 fully saturated rings. The van der Waals surface area contributed by atoms with E-state index in [9.17, 15) is 13.6 Å². The molecule has 2 rings (SSSR count). The number of halogens is 3. The van der Waals surface area contributed by atoms with Crippen molar-refractivity contribution in [2.75, 3.05) is 0 Å². The van der Waals surface area contributed by atoms with Gasteiger partial charge in [0.25, 0.3) is 5.91 Å². The highest BCUT2D eigenvalue weighted by Gasteiger charge is 2.10. The highest BCUT2D eigenvalue weighted by molar-refractivity contribution is 9.10. The molecule has 0 spiro atoms. The minimum Gasteiger partial charge on any atom is -0.489 e. The quantitative estimate of drug-likeness (QED) is 0.503. The summed E-state index contributed by atoms with van der Waals surface area (Å²) in [4.78, 5) is 11.4. The maximum Gasteiger partial charge on any atom is 0.265 e. The molecular weight excluding hydrogens is 346 g/mol. The molecule has 0 bridgehead atoms. The molecule has 0 saturated carbocycles. The second-order valence-corrected chi connectivity index (χ2v) is 5.09. The lowest BCUT2D eigenvalue weighted by Gasteiger charge is -2.09. The van der Waals surface area contributed by atoms with Crippen LogP contribution in [0.4, 0.5) is 8.78 Å². The van der Waals surface area contributed by atoms with Gasteiger partial charge in [0.1, 0.15) is 24.0 Å². The summed E-state index contributed by atoms with van der Waals surface area (Å²) in [5.74, 6) is 3.72. The van der Waals surface area contributed by atoms with E-state index < -0.39 is 17.5 Å². The summed E-state index contributed by atoms with van der Waals surface area (Å²) < 4.78 is 32.7. The number of hydrazine groups is 1. The summed E-state index contributed by atoms with van der Waals surface area (Å²) in [7, 11) is 0. The van der Waals surface area contributed by atoms with Gasteiger partial charge in [0.05, 0.1) is 0 Å². The number of nitrogens with one attached hydrogen (secondary N) is 1. The molecule has 3 N–H and O–H groups in total. The van der Waals surface area contributed by atoms with E-state index in [1.165, 1.54) is 24.3 Å². The van der Waals surface area contributed by atoms with Crippen LogP contribution in [0.2, 0.25) is 0 Å². The minimum atomic E-state index is -0.537. The zero-order valence-electron chi connectivity index (χ0n) is 10.7. The highest BCUT2D eigenvalue weighted by Crippen LogP contribution is 2.22. The Hall–Kier alpha value is -1.99. The van der Waals surface area contributed by atoms with Gasteiger partial charge in [-0.25, -0.2) is 14.6 Å². The number of hydrogen-bond donors (Lipinski definition) is 2. The molecule has 0 saturated heterocycles. The van der Waals surface area contributed by atoms with Crippen LogP contribution < -0.4 is 16.0 Å². The van der Waals surface area contributed by atoms with Crippen molar-refractivity contribution in [2.24, 2.45) is 5.84 Å². The first-order valence-electron chi connectivity index (χ1n) is 5.88. The van der Waals surface area contributed by atoms with Crippen LogP contribution in [-0.2, 0) is 6.61 Å². The molecule has 0 aliphatic rings. The first kappa shape index (κ1) is 15.4. The molecule has 2 aromatic rings. The van der Waals surface area contributed by atoms with Crippen LogP contribution in [0.3, 0.4) is 0 Å². The number of hydrogen-bond acceptors (Lipinski definition) is 3. The van der Waals surface area contributed by atoms with E-state index in [4.69, 9.17) is 10.6 Å².